The number of rotatable bonds is 7. The Hall–Kier alpha value is -2.80. The van der Waals surface area contributed by atoms with Crippen molar-refractivity contribution < 1.29 is 9.59 Å². The number of imidazole rings is 1. The zero-order chi connectivity index (χ0) is 21.5. The fourth-order valence-electron chi connectivity index (χ4n) is 4.03. The second kappa shape index (κ2) is 10.5. The number of imide groups is 1. The van der Waals surface area contributed by atoms with Crippen LogP contribution in [0.3, 0.4) is 0 Å². The molecule has 7 heteroatoms. The summed E-state index contributed by atoms with van der Waals surface area (Å²) < 4.78 is 2.16. The third kappa shape index (κ3) is 5.88. The zero-order valence-electron chi connectivity index (χ0n) is 17.5. The SMILES string of the molecule is O=C(CSc1nc2ccccc2n1CCc1ccccc1)NC(=O)NC1CCCCC1. The Bertz CT molecular complexity index is 1030. The average molecular weight is 437 g/mol. The molecule has 3 aromatic rings. The summed E-state index contributed by atoms with van der Waals surface area (Å²) in [7, 11) is 0. The van der Waals surface area contributed by atoms with Crippen LogP contribution in [0.1, 0.15) is 37.7 Å². The lowest BCUT2D eigenvalue weighted by Gasteiger charge is -2.22. The molecule has 0 unspecified atom stereocenters. The summed E-state index contributed by atoms with van der Waals surface area (Å²) in [5.41, 5.74) is 3.22. The molecule has 31 heavy (non-hydrogen) atoms. The average Bonchev–Trinajstić information content (AvgIpc) is 3.15. The van der Waals surface area contributed by atoms with Gasteiger partial charge in [-0.05, 0) is 37.0 Å². The molecule has 0 bridgehead atoms. The number of hydrogen-bond donors (Lipinski definition) is 2. The summed E-state index contributed by atoms with van der Waals surface area (Å²) in [6.07, 6.45) is 6.34. The van der Waals surface area contributed by atoms with Crippen LogP contribution < -0.4 is 10.6 Å². The molecule has 0 aliphatic heterocycles. The summed E-state index contributed by atoms with van der Waals surface area (Å²) in [5.74, 6) is -0.160. The molecule has 0 spiro atoms. The first-order valence-electron chi connectivity index (χ1n) is 10.9. The van der Waals surface area contributed by atoms with Crippen LogP contribution in [0, 0.1) is 0 Å². The smallest absolute Gasteiger partial charge is 0.321 e. The van der Waals surface area contributed by atoms with Gasteiger partial charge < -0.3 is 9.88 Å². The van der Waals surface area contributed by atoms with E-state index in [9.17, 15) is 9.59 Å². The second-order valence-corrected chi connectivity index (χ2v) is 8.86. The fourth-order valence-corrected chi connectivity index (χ4v) is 4.87. The summed E-state index contributed by atoms with van der Waals surface area (Å²) in [4.78, 5) is 29.2. The first-order chi connectivity index (χ1) is 15.2. The van der Waals surface area contributed by atoms with E-state index in [1.54, 1.807) is 0 Å². The number of fused-ring (bicyclic) bond motifs is 1. The number of nitrogens with one attached hydrogen (secondary N) is 2. The summed E-state index contributed by atoms with van der Waals surface area (Å²) in [6, 6.07) is 18.1. The maximum atomic E-state index is 12.3. The van der Waals surface area contributed by atoms with E-state index < -0.39 is 6.03 Å². The van der Waals surface area contributed by atoms with Crippen molar-refractivity contribution in [2.45, 2.75) is 56.3 Å². The van der Waals surface area contributed by atoms with Gasteiger partial charge in [-0.3, -0.25) is 10.1 Å². The molecule has 6 nitrogen and oxygen atoms in total. The van der Waals surface area contributed by atoms with Crippen molar-refractivity contribution in [3.63, 3.8) is 0 Å². The van der Waals surface area contributed by atoms with E-state index in [1.807, 2.05) is 36.4 Å². The van der Waals surface area contributed by atoms with Crippen LogP contribution >= 0.6 is 11.8 Å². The highest BCUT2D eigenvalue weighted by atomic mass is 32.2. The van der Waals surface area contributed by atoms with Crippen LogP contribution in [-0.2, 0) is 17.8 Å². The number of aromatic nitrogens is 2. The molecular weight excluding hydrogens is 408 g/mol. The maximum Gasteiger partial charge on any atom is 0.321 e. The van der Waals surface area contributed by atoms with E-state index in [0.29, 0.717) is 0 Å². The minimum atomic E-state index is -0.393. The number of thioether (sulfide) groups is 1. The van der Waals surface area contributed by atoms with Gasteiger partial charge in [0.15, 0.2) is 5.16 Å². The van der Waals surface area contributed by atoms with Crippen LogP contribution in [0.4, 0.5) is 4.79 Å². The first-order valence-corrected chi connectivity index (χ1v) is 11.9. The molecule has 0 saturated heterocycles. The van der Waals surface area contributed by atoms with Gasteiger partial charge in [0, 0.05) is 12.6 Å². The molecule has 162 valence electrons. The van der Waals surface area contributed by atoms with Crippen LogP contribution in [0.5, 0.6) is 0 Å². The highest BCUT2D eigenvalue weighted by molar-refractivity contribution is 7.99. The summed E-state index contributed by atoms with van der Waals surface area (Å²) >= 11 is 1.36. The number of urea groups is 1. The maximum absolute atomic E-state index is 12.3. The lowest BCUT2D eigenvalue weighted by molar-refractivity contribution is -0.117. The van der Waals surface area contributed by atoms with Crippen LogP contribution in [-0.4, -0.2) is 33.3 Å². The van der Waals surface area contributed by atoms with Gasteiger partial charge in [0.05, 0.1) is 16.8 Å². The number of benzene rings is 2. The minimum Gasteiger partial charge on any atom is -0.335 e. The quantitative estimate of drug-likeness (QED) is 0.534. The van der Waals surface area contributed by atoms with Crippen molar-refractivity contribution in [2.75, 3.05) is 5.75 Å². The first kappa shape index (κ1) is 21.4. The largest absolute Gasteiger partial charge is 0.335 e. The predicted molar refractivity (Wildman–Crippen MR) is 124 cm³/mol. The second-order valence-electron chi connectivity index (χ2n) is 7.92. The molecular formula is C24H28N4O2S. The van der Waals surface area contributed by atoms with Gasteiger partial charge in [0.1, 0.15) is 0 Å². The van der Waals surface area contributed by atoms with Crippen molar-refractivity contribution >= 4 is 34.7 Å². The van der Waals surface area contributed by atoms with Gasteiger partial charge in [-0.2, -0.15) is 0 Å². The molecule has 1 saturated carbocycles. The standard InChI is InChI=1S/C24H28N4O2S/c29-22(27-23(30)25-19-11-5-2-6-12-19)17-31-24-26-20-13-7-8-14-21(20)28(24)16-15-18-9-3-1-4-10-18/h1,3-4,7-10,13-14,19H,2,5-6,11-12,15-17H2,(H2,25,27,29,30). The monoisotopic (exact) mass is 436 g/mol. The molecule has 1 aromatic heterocycles. The van der Waals surface area contributed by atoms with Crippen molar-refractivity contribution in [2.24, 2.45) is 0 Å². The van der Waals surface area contributed by atoms with E-state index in [0.717, 1.165) is 54.8 Å². The lowest BCUT2D eigenvalue weighted by atomic mass is 9.96. The van der Waals surface area contributed by atoms with E-state index in [2.05, 4.69) is 33.4 Å². The molecule has 1 heterocycles. The highest BCUT2D eigenvalue weighted by Crippen LogP contribution is 2.24. The fraction of sp³-hybridized carbons (Fsp3) is 0.375. The number of nitrogens with zero attached hydrogens (tertiary/aromatic N) is 2. The number of aryl methyl sites for hydroxylation is 2. The third-order valence-corrected chi connectivity index (χ3v) is 6.59. The van der Waals surface area contributed by atoms with Gasteiger partial charge >= 0.3 is 6.03 Å². The number of para-hydroxylation sites is 2. The Balaban J connectivity index is 1.37. The molecule has 4 rings (SSSR count). The van der Waals surface area contributed by atoms with Crippen LogP contribution in [0.25, 0.3) is 11.0 Å². The van der Waals surface area contributed by atoms with Gasteiger partial charge in [-0.15, -0.1) is 0 Å². The number of hydrogen-bond acceptors (Lipinski definition) is 4. The van der Waals surface area contributed by atoms with Gasteiger partial charge in [0.25, 0.3) is 0 Å². The molecule has 2 N–H and O–H groups in total. The minimum absolute atomic E-state index is 0.146. The highest BCUT2D eigenvalue weighted by Gasteiger charge is 2.18. The normalized spacial score (nSPS) is 14.5. The number of carbonyl (C=O) groups excluding carboxylic acids is 2. The van der Waals surface area contributed by atoms with E-state index in [4.69, 9.17) is 4.98 Å². The van der Waals surface area contributed by atoms with Crippen molar-refractivity contribution in [1.29, 1.82) is 0 Å². The summed E-state index contributed by atoms with van der Waals surface area (Å²) in [6.45, 7) is 0.774. The molecule has 0 radical (unpaired) electrons. The van der Waals surface area contributed by atoms with E-state index >= 15 is 0 Å². The van der Waals surface area contributed by atoms with Gasteiger partial charge in [-0.25, -0.2) is 9.78 Å². The molecule has 2 aromatic carbocycles. The van der Waals surface area contributed by atoms with Crippen molar-refractivity contribution in [3.05, 3.63) is 60.2 Å². The Labute approximate surface area is 186 Å². The Morgan fingerprint density at radius 3 is 2.55 bits per heavy atom. The Kier molecular flexibility index (Phi) is 7.25. The third-order valence-electron chi connectivity index (χ3n) is 5.61. The lowest BCUT2D eigenvalue weighted by Crippen LogP contribution is -2.45. The van der Waals surface area contributed by atoms with E-state index in [-0.39, 0.29) is 17.7 Å². The Morgan fingerprint density at radius 2 is 1.74 bits per heavy atom. The van der Waals surface area contributed by atoms with Gasteiger partial charge in [0.2, 0.25) is 5.91 Å². The molecule has 3 amide bonds. The number of amides is 3. The van der Waals surface area contributed by atoms with Crippen LogP contribution in [0.15, 0.2) is 59.8 Å². The van der Waals surface area contributed by atoms with Crippen molar-refractivity contribution in [1.82, 2.24) is 20.2 Å². The molecule has 0 atom stereocenters. The van der Waals surface area contributed by atoms with Crippen LogP contribution in [0.2, 0.25) is 0 Å². The zero-order valence-corrected chi connectivity index (χ0v) is 18.4. The van der Waals surface area contributed by atoms with E-state index in [1.165, 1.54) is 23.7 Å². The topological polar surface area (TPSA) is 76.0 Å². The molecule has 1 aliphatic carbocycles. The molecule has 1 fully saturated rings. The predicted octanol–water partition coefficient (Wildman–Crippen LogP) is 4.53. The summed E-state index contributed by atoms with van der Waals surface area (Å²) in [5, 5.41) is 6.17. The molecule has 1 aliphatic rings. The van der Waals surface area contributed by atoms with Crippen molar-refractivity contribution in [3.8, 4) is 0 Å². The number of carbonyl (C=O) groups is 2. The Morgan fingerprint density at radius 1 is 1.00 bits per heavy atom. The van der Waals surface area contributed by atoms with Gasteiger partial charge in [-0.1, -0.05) is 73.5 Å².